The van der Waals surface area contributed by atoms with Crippen molar-refractivity contribution in [1.82, 2.24) is 29.3 Å². The number of likely N-dealkylation sites (tertiary alicyclic amines) is 1. The maximum Gasteiger partial charge on any atom is 0.319 e. The van der Waals surface area contributed by atoms with Gasteiger partial charge in [0.2, 0.25) is 5.91 Å². The van der Waals surface area contributed by atoms with Gasteiger partial charge in [0.25, 0.3) is 5.56 Å². The van der Waals surface area contributed by atoms with Gasteiger partial charge in [-0.3, -0.25) is 14.2 Å². The van der Waals surface area contributed by atoms with Crippen LogP contribution < -0.4 is 15.2 Å². The first-order valence-corrected chi connectivity index (χ1v) is 15.6. The average molecular weight is 627 g/mol. The molecule has 2 unspecified atom stereocenters. The van der Waals surface area contributed by atoms with Crippen molar-refractivity contribution in [2.45, 2.75) is 44.7 Å². The Kier molecular flexibility index (Phi) is 8.70. The van der Waals surface area contributed by atoms with Crippen LogP contribution >= 0.6 is 11.6 Å². The number of carbonyl (C=O) groups is 1. The van der Waals surface area contributed by atoms with Crippen molar-refractivity contribution in [1.29, 1.82) is 5.26 Å². The predicted octanol–water partition coefficient (Wildman–Crippen LogP) is 4.13. The number of hydrogen-bond acceptors (Lipinski definition) is 9. The van der Waals surface area contributed by atoms with Crippen LogP contribution in [0.3, 0.4) is 0 Å². The highest BCUT2D eigenvalue weighted by Gasteiger charge is 2.32. The number of nitriles is 1. The third-order valence-corrected chi connectivity index (χ3v) is 9.10. The topological polar surface area (TPSA) is 120 Å². The van der Waals surface area contributed by atoms with E-state index in [1.807, 2.05) is 42.2 Å². The van der Waals surface area contributed by atoms with E-state index in [0.717, 1.165) is 30.2 Å². The lowest BCUT2D eigenvalue weighted by Crippen LogP contribution is -2.55. The summed E-state index contributed by atoms with van der Waals surface area (Å²) >= 11 is 6.68. The van der Waals surface area contributed by atoms with Crippen molar-refractivity contribution in [3.63, 3.8) is 0 Å². The number of carbonyl (C=O) groups excluding carboxylic acids is 1. The molecule has 2 aromatic heterocycles. The summed E-state index contributed by atoms with van der Waals surface area (Å²) in [4.78, 5) is 47.4. The molecule has 0 bridgehead atoms. The van der Waals surface area contributed by atoms with Crippen molar-refractivity contribution in [3.8, 4) is 17.8 Å². The van der Waals surface area contributed by atoms with Gasteiger partial charge in [-0.1, -0.05) is 49.4 Å². The zero-order valence-electron chi connectivity index (χ0n) is 25.4. The van der Waals surface area contributed by atoms with Crippen LogP contribution in [0.15, 0.2) is 53.8 Å². The van der Waals surface area contributed by atoms with Crippen molar-refractivity contribution < 1.29 is 9.53 Å². The van der Waals surface area contributed by atoms with Crippen molar-refractivity contribution in [2.75, 3.05) is 44.7 Å². The van der Waals surface area contributed by atoms with Crippen LogP contribution in [0.4, 0.5) is 5.82 Å². The average Bonchev–Trinajstić information content (AvgIpc) is 3.47. The van der Waals surface area contributed by atoms with E-state index in [4.69, 9.17) is 26.3 Å². The summed E-state index contributed by atoms with van der Waals surface area (Å²) in [5.74, 6) is 0.744. The lowest BCUT2D eigenvalue weighted by atomic mass is 10.1. The van der Waals surface area contributed by atoms with Crippen LogP contribution in [0.2, 0.25) is 5.02 Å². The number of amides is 1. The Labute approximate surface area is 266 Å². The van der Waals surface area contributed by atoms with Crippen LogP contribution in [0.25, 0.3) is 27.5 Å². The van der Waals surface area contributed by atoms with Crippen LogP contribution in [-0.2, 0) is 11.2 Å². The fourth-order valence-electron chi connectivity index (χ4n) is 6.41. The first kappa shape index (κ1) is 30.5. The minimum atomic E-state index is -0.389. The number of likely N-dealkylation sites (N-methyl/N-ethyl adjacent to an activating group) is 1. The molecule has 4 heterocycles. The summed E-state index contributed by atoms with van der Waals surface area (Å²) in [6, 6.07) is 13.5. The minimum Gasteiger partial charge on any atom is -0.462 e. The van der Waals surface area contributed by atoms with E-state index in [1.54, 1.807) is 15.5 Å². The number of anilines is 1. The molecule has 2 atom stereocenters. The number of halogens is 1. The molecule has 0 spiro atoms. The van der Waals surface area contributed by atoms with Gasteiger partial charge in [-0.15, -0.1) is 0 Å². The SMILES string of the molecule is C=CC(=O)N1CCN(c2nc(OCC3CCCN3C)nc3c(=O)n(-c4cccc5cccc(Cl)c45)c(CC)nc23)CC1CC#N. The molecule has 4 aromatic rings. The van der Waals surface area contributed by atoms with Gasteiger partial charge in [-0.05, 0) is 50.0 Å². The monoisotopic (exact) mass is 626 g/mol. The fourth-order valence-corrected chi connectivity index (χ4v) is 6.68. The molecule has 45 heavy (non-hydrogen) atoms. The quantitative estimate of drug-likeness (QED) is 0.266. The number of nitrogens with zero attached hydrogens (tertiary/aromatic N) is 8. The molecule has 2 saturated heterocycles. The third-order valence-electron chi connectivity index (χ3n) is 8.78. The lowest BCUT2D eigenvalue weighted by Gasteiger charge is -2.40. The van der Waals surface area contributed by atoms with Gasteiger partial charge >= 0.3 is 6.01 Å². The second-order valence-electron chi connectivity index (χ2n) is 11.4. The largest absolute Gasteiger partial charge is 0.462 e. The van der Waals surface area contributed by atoms with E-state index in [2.05, 4.69) is 29.6 Å². The summed E-state index contributed by atoms with van der Waals surface area (Å²) < 4.78 is 7.76. The summed E-state index contributed by atoms with van der Waals surface area (Å²) in [6.07, 6.45) is 3.95. The maximum atomic E-state index is 14.5. The smallest absolute Gasteiger partial charge is 0.319 e. The van der Waals surface area contributed by atoms with Gasteiger partial charge in [0.1, 0.15) is 17.9 Å². The standard InChI is InChI=1S/C33H35ClN8O3/c1-4-26-36-29-30(32(44)42(26)25-13-7-10-21-9-6-12-24(34)28(21)25)37-33(45-20-23-11-8-16-39(23)3)38-31(29)40-17-18-41(27(43)5-2)22(19-40)14-15-35/h5-7,9-10,12-13,22-23H,2,4,8,11,14,16-20H2,1,3H3. The number of benzene rings is 2. The highest BCUT2D eigenvalue weighted by molar-refractivity contribution is 6.36. The van der Waals surface area contributed by atoms with E-state index in [0.29, 0.717) is 60.5 Å². The Balaban J connectivity index is 1.52. The van der Waals surface area contributed by atoms with E-state index >= 15 is 0 Å². The van der Waals surface area contributed by atoms with E-state index in [9.17, 15) is 14.9 Å². The highest BCUT2D eigenvalue weighted by Crippen LogP contribution is 2.32. The zero-order valence-corrected chi connectivity index (χ0v) is 26.2. The third kappa shape index (κ3) is 5.72. The molecule has 6 rings (SSSR count). The van der Waals surface area contributed by atoms with E-state index in [1.165, 1.54) is 6.08 Å². The molecule has 11 nitrogen and oxygen atoms in total. The van der Waals surface area contributed by atoms with Crippen molar-refractivity contribution >= 4 is 45.1 Å². The van der Waals surface area contributed by atoms with Crippen LogP contribution in [-0.4, -0.2) is 87.1 Å². The highest BCUT2D eigenvalue weighted by atomic mass is 35.5. The molecule has 0 radical (unpaired) electrons. The Hall–Kier alpha value is -4.53. The summed E-state index contributed by atoms with van der Waals surface area (Å²) in [7, 11) is 2.07. The Bertz CT molecular complexity index is 1880. The Morgan fingerprint density at radius 2 is 1.93 bits per heavy atom. The second-order valence-corrected chi connectivity index (χ2v) is 11.9. The molecule has 232 valence electrons. The first-order chi connectivity index (χ1) is 21.8. The fraction of sp³-hybridized carbons (Fsp3) is 0.394. The van der Waals surface area contributed by atoms with Crippen molar-refractivity contribution in [2.24, 2.45) is 0 Å². The molecule has 2 fully saturated rings. The molecule has 0 aliphatic carbocycles. The number of hydrogen-bond donors (Lipinski definition) is 0. The van der Waals surface area contributed by atoms with Gasteiger partial charge in [0, 0.05) is 37.5 Å². The van der Waals surface area contributed by atoms with Gasteiger partial charge in [0.15, 0.2) is 11.3 Å². The summed E-state index contributed by atoms with van der Waals surface area (Å²) in [5, 5.41) is 11.7. The maximum absolute atomic E-state index is 14.5. The number of fused-ring (bicyclic) bond motifs is 2. The van der Waals surface area contributed by atoms with Crippen LogP contribution in [0, 0.1) is 11.3 Å². The van der Waals surface area contributed by atoms with Gasteiger partial charge in [-0.2, -0.15) is 15.2 Å². The normalized spacial score (nSPS) is 18.8. The number of aromatic nitrogens is 4. The van der Waals surface area contributed by atoms with Gasteiger partial charge in [0.05, 0.1) is 29.2 Å². The van der Waals surface area contributed by atoms with Crippen LogP contribution in [0.1, 0.15) is 32.0 Å². The van der Waals surface area contributed by atoms with Gasteiger partial charge in [-0.25, -0.2) is 4.98 Å². The van der Waals surface area contributed by atoms with E-state index in [-0.39, 0.29) is 41.5 Å². The molecule has 2 aliphatic rings. The Morgan fingerprint density at radius 1 is 1.13 bits per heavy atom. The van der Waals surface area contributed by atoms with Crippen LogP contribution in [0.5, 0.6) is 6.01 Å². The molecule has 1 amide bonds. The molecule has 0 saturated carbocycles. The molecule has 0 N–H and O–H groups in total. The summed E-state index contributed by atoms with van der Waals surface area (Å²) in [6.45, 7) is 8.05. The second kappa shape index (κ2) is 12.8. The lowest BCUT2D eigenvalue weighted by molar-refractivity contribution is -0.128. The first-order valence-electron chi connectivity index (χ1n) is 15.2. The molecule has 12 heteroatoms. The Morgan fingerprint density at radius 3 is 2.64 bits per heavy atom. The molecular formula is C33H35ClN8O3. The van der Waals surface area contributed by atoms with E-state index < -0.39 is 0 Å². The molecular weight excluding hydrogens is 592 g/mol. The number of piperazine rings is 1. The zero-order chi connectivity index (χ0) is 31.7. The number of ether oxygens (including phenoxy) is 1. The molecule has 2 aromatic carbocycles. The number of rotatable bonds is 8. The minimum absolute atomic E-state index is 0.0879. The molecule has 2 aliphatic heterocycles. The predicted molar refractivity (Wildman–Crippen MR) is 174 cm³/mol. The number of aryl methyl sites for hydroxylation is 1. The van der Waals surface area contributed by atoms with Crippen molar-refractivity contribution in [3.05, 3.63) is 70.3 Å². The summed E-state index contributed by atoms with van der Waals surface area (Å²) in [5.41, 5.74) is 0.737. The van der Waals surface area contributed by atoms with Gasteiger partial charge < -0.3 is 19.4 Å².